The minimum absolute atomic E-state index is 0.291. The Kier molecular flexibility index (Phi) is 3.13. The number of hydrogen-bond acceptors (Lipinski definition) is 2. The van der Waals surface area contributed by atoms with Gasteiger partial charge in [-0.1, -0.05) is 0 Å². The Hall–Kier alpha value is -1.25. The summed E-state index contributed by atoms with van der Waals surface area (Å²) in [5.41, 5.74) is 0. The summed E-state index contributed by atoms with van der Waals surface area (Å²) in [7, 11) is 1.94. The van der Waals surface area contributed by atoms with Gasteiger partial charge in [0.2, 0.25) is 5.91 Å². The molecule has 0 aliphatic heterocycles. The van der Waals surface area contributed by atoms with E-state index in [1.165, 1.54) is 32.1 Å². The van der Waals surface area contributed by atoms with E-state index in [1.807, 2.05) is 31.0 Å². The first-order valence-electron chi connectivity index (χ1n) is 8.40. The van der Waals surface area contributed by atoms with Crippen molar-refractivity contribution < 1.29 is 9.21 Å². The van der Waals surface area contributed by atoms with Crippen LogP contribution in [0.2, 0.25) is 0 Å². The fourth-order valence-corrected chi connectivity index (χ4v) is 5.46. The maximum atomic E-state index is 12.9. The molecule has 21 heavy (non-hydrogen) atoms. The van der Waals surface area contributed by atoms with E-state index < -0.39 is 0 Å². The molecule has 0 aromatic carbocycles. The summed E-state index contributed by atoms with van der Waals surface area (Å²) in [6.07, 6.45) is 6.65. The summed E-state index contributed by atoms with van der Waals surface area (Å²) in [4.78, 5) is 14.8. The Morgan fingerprint density at radius 3 is 2.29 bits per heavy atom. The molecule has 4 bridgehead atoms. The lowest BCUT2D eigenvalue weighted by Gasteiger charge is -2.54. The minimum Gasteiger partial charge on any atom is -0.464 e. The number of amides is 1. The van der Waals surface area contributed by atoms with Crippen LogP contribution in [-0.2, 0) is 11.3 Å². The number of hydrogen-bond donors (Lipinski definition) is 0. The first-order chi connectivity index (χ1) is 10.1. The molecule has 4 fully saturated rings. The van der Waals surface area contributed by atoms with Gasteiger partial charge in [0.15, 0.2) is 0 Å². The lowest BCUT2D eigenvalue weighted by molar-refractivity contribution is -0.148. The van der Waals surface area contributed by atoms with E-state index >= 15 is 0 Å². The first kappa shape index (κ1) is 13.4. The van der Waals surface area contributed by atoms with Crippen LogP contribution in [0, 0.1) is 36.5 Å². The third-order valence-corrected chi connectivity index (χ3v) is 6.08. The Bertz CT molecular complexity index is 519. The zero-order valence-corrected chi connectivity index (χ0v) is 13.0. The number of aryl methyl sites for hydroxylation is 1. The molecule has 4 saturated carbocycles. The van der Waals surface area contributed by atoms with Gasteiger partial charge in [-0.2, -0.15) is 0 Å². The molecule has 0 unspecified atom stereocenters. The maximum Gasteiger partial charge on any atom is 0.226 e. The number of rotatable bonds is 3. The lowest BCUT2D eigenvalue weighted by atomic mass is 9.51. The second kappa shape index (κ2) is 4.89. The molecule has 3 heteroatoms. The van der Waals surface area contributed by atoms with Gasteiger partial charge in [-0.3, -0.25) is 4.79 Å². The normalized spacial score (nSPS) is 37.0. The summed E-state index contributed by atoms with van der Waals surface area (Å²) in [6.45, 7) is 2.55. The van der Waals surface area contributed by atoms with Crippen LogP contribution in [0.25, 0.3) is 0 Å². The fraction of sp³-hybridized carbons (Fsp3) is 0.722. The van der Waals surface area contributed by atoms with E-state index in [2.05, 4.69) is 0 Å². The zero-order chi connectivity index (χ0) is 14.6. The van der Waals surface area contributed by atoms with Crippen molar-refractivity contribution in [3.8, 4) is 0 Å². The smallest absolute Gasteiger partial charge is 0.226 e. The molecular formula is C18H25NO2. The average Bonchev–Trinajstić information content (AvgIpc) is 2.82. The molecule has 3 nitrogen and oxygen atoms in total. The molecule has 0 spiro atoms. The highest BCUT2D eigenvalue weighted by Gasteiger charge is 2.51. The molecule has 0 saturated heterocycles. The predicted molar refractivity (Wildman–Crippen MR) is 80.5 cm³/mol. The van der Waals surface area contributed by atoms with Crippen LogP contribution in [-0.4, -0.2) is 17.9 Å². The fourth-order valence-electron chi connectivity index (χ4n) is 5.46. The number of carbonyl (C=O) groups is 1. The van der Waals surface area contributed by atoms with E-state index in [9.17, 15) is 4.79 Å². The van der Waals surface area contributed by atoms with Crippen molar-refractivity contribution in [2.24, 2.45) is 29.6 Å². The standard InChI is InChI=1S/C18H25NO2/c1-11-3-4-16(21-11)10-19(2)18(20)17-14-6-12-5-13(8-14)9-15(17)7-12/h3-4,12-15,17H,5-10H2,1-2H3. The lowest BCUT2D eigenvalue weighted by Crippen LogP contribution is -2.51. The molecule has 0 radical (unpaired) electrons. The average molecular weight is 287 g/mol. The largest absolute Gasteiger partial charge is 0.464 e. The van der Waals surface area contributed by atoms with Gasteiger partial charge in [-0.15, -0.1) is 0 Å². The quantitative estimate of drug-likeness (QED) is 0.850. The molecular weight excluding hydrogens is 262 g/mol. The van der Waals surface area contributed by atoms with Gasteiger partial charge in [-0.25, -0.2) is 0 Å². The van der Waals surface area contributed by atoms with Crippen LogP contribution in [0.5, 0.6) is 0 Å². The topological polar surface area (TPSA) is 33.5 Å². The zero-order valence-electron chi connectivity index (χ0n) is 13.0. The van der Waals surface area contributed by atoms with E-state index in [-0.39, 0.29) is 0 Å². The van der Waals surface area contributed by atoms with Crippen molar-refractivity contribution in [1.29, 1.82) is 0 Å². The number of carbonyl (C=O) groups excluding carboxylic acids is 1. The van der Waals surface area contributed by atoms with Crippen LogP contribution in [0.15, 0.2) is 16.5 Å². The molecule has 114 valence electrons. The van der Waals surface area contributed by atoms with Crippen molar-refractivity contribution in [2.75, 3.05) is 7.05 Å². The van der Waals surface area contributed by atoms with Gasteiger partial charge < -0.3 is 9.32 Å². The maximum absolute atomic E-state index is 12.9. The highest BCUT2D eigenvalue weighted by molar-refractivity contribution is 5.79. The van der Waals surface area contributed by atoms with Crippen LogP contribution >= 0.6 is 0 Å². The predicted octanol–water partition coefficient (Wildman–Crippen LogP) is 3.62. The molecule has 0 N–H and O–H groups in total. The van der Waals surface area contributed by atoms with E-state index in [0.717, 1.165) is 23.4 Å². The third kappa shape index (κ3) is 2.31. The summed E-state index contributed by atoms with van der Waals surface area (Å²) >= 11 is 0. The van der Waals surface area contributed by atoms with Gasteiger partial charge in [0, 0.05) is 13.0 Å². The van der Waals surface area contributed by atoms with Crippen molar-refractivity contribution in [1.82, 2.24) is 4.90 Å². The Morgan fingerprint density at radius 2 is 1.76 bits per heavy atom. The number of nitrogens with zero attached hydrogens (tertiary/aromatic N) is 1. The van der Waals surface area contributed by atoms with Crippen LogP contribution < -0.4 is 0 Å². The molecule has 0 atom stereocenters. The van der Waals surface area contributed by atoms with Gasteiger partial charge in [-0.05, 0) is 74.8 Å². The van der Waals surface area contributed by atoms with Crippen LogP contribution in [0.4, 0.5) is 0 Å². The second-order valence-electron chi connectivity index (χ2n) is 7.66. The van der Waals surface area contributed by atoms with Gasteiger partial charge >= 0.3 is 0 Å². The van der Waals surface area contributed by atoms with Crippen molar-refractivity contribution in [2.45, 2.75) is 45.6 Å². The van der Waals surface area contributed by atoms with Gasteiger partial charge in [0.05, 0.1) is 6.54 Å². The molecule has 1 aromatic rings. The first-order valence-corrected chi connectivity index (χ1v) is 8.40. The van der Waals surface area contributed by atoms with Crippen LogP contribution in [0.1, 0.15) is 43.6 Å². The van der Waals surface area contributed by atoms with Gasteiger partial charge in [0.1, 0.15) is 11.5 Å². The van der Waals surface area contributed by atoms with Crippen molar-refractivity contribution >= 4 is 5.91 Å². The van der Waals surface area contributed by atoms with E-state index in [1.54, 1.807) is 0 Å². The highest BCUT2D eigenvalue weighted by atomic mass is 16.3. The van der Waals surface area contributed by atoms with Crippen molar-refractivity contribution in [3.05, 3.63) is 23.7 Å². The summed E-state index contributed by atoms with van der Waals surface area (Å²) in [6, 6.07) is 3.95. The second-order valence-corrected chi connectivity index (χ2v) is 7.66. The summed E-state index contributed by atoms with van der Waals surface area (Å²) < 4.78 is 5.62. The molecule has 1 heterocycles. The number of furan rings is 1. The minimum atomic E-state index is 0.291. The monoisotopic (exact) mass is 287 g/mol. The van der Waals surface area contributed by atoms with E-state index in [4.69, 9.17) is 4.42 Å². The van der Waals surface area contributed by atoms with E-state index in [0.29, 0.717) is 30.2 Å². The Balaban J connectivity index is 1.47. The summed E-state index contributed by atoms with van der Waals surface area (Å²) in [5, 5.41) is 0. The van der Waals surface area contributed by atoms with Gasteiger partial charge in [0.25, 0.3) is 0 Å². The SMILES string of the molecule is Cc1ccc(CN(C)C(=O)C2C3CC4CC(C3)CC2C4)o1. The van der Waals surface area contributed by atoms with Crippen LogP contribution in [0.3, 0.4) is 0 Å². The summed E-state index contributed by atoms with van der Waals surface area (Å²) in [5.74, 6) is 5.64. The Morgan fingerprint density at radius 1 is 1.14 bits per heavy atom. The molecule has 1 aromatic heterocycles. The van der Waals surface area contributed by atoms with Crippen molar-refractivity contribution in [3.63, 3.8) is 0 Å². The molecule has 1 amide bonds. The highest BCUT2D eigenvalue weighted by Crippen LogP contribution is 2.56. The third-order valence-electron chi connectivity index (χ3n) is 6.08. The Labute approximate surface area is 126 Å². The molecule has 4 aliphatic carbocycles. The molecule has 4 aliphatic rings. The molecule has 5 rings (SSSR count).